The fraction of sp³-hybridized carbons (Fsp3) is 0.0455. The Bertz CT molecular complexity index is 1430. The zero-order valence-corrected chi connectivity index (χ0v) is 18.0. The molecule has 33 heavy (non-hydrogen) atoms. The lowest BCUT2D eigenvalue weighted by Crippen LogP contribution is -2.45. The smallest absolute Gasteiger partial charge is 0.255 e. The van der Waals surface area contributed by atoms with Crippen molar-refractivity contribution in [2.75, 3.05) is 10.6 Å². The number of carbonyl (C=O) groups is 3. The van der Waals surface area contributed by atoms with Crippen LogP contribution in [0, 0.1) is 11.6 Å². The van der Waals surface area contributed by atoms with E-state index in [4.69, 9.17) is 11.6 Å². The normalized spacial score (nSPS) is 15.5. The Balaban J connectivity index is 1.63. The van der Waals surface area contributed by atoms with Crippen molar-refractivity contribution in [2.24, 2.45) is 0 Å². The first kappa shape index (κ1) is 22.6. The molecule has 3 aromatic rings. The summed E-state index contributed by atoms with van der Waals surface area (Å²) in [6.45, 7) is 0. The van der Waals surface area contributed by atoms with E-state index >= 15 is 0 Å². The summed E-state index contributed by atoms with van der Waals surface area (Å²) in [5.74, 6) is -4.63. The van der Waals surface area contributed by atoms with Crippen molar-refractivity contribution in [1.82, 2.24) is 0 Å². The maximum atomic E-state index is 13.8. The third-order valence-electron chi connectivity index (χ3n) is 4.91. The first-order chi connectivity index (χ1) is 15.6. The summed E-state index contributed by atoms with van der Waals surface area (Å²) in [5, 5.41) is 2.86. The molecule has 0 spiro atoms. The molecule has 168 valence electrons. The highest BCUT2D eigenvalue weighted by Gasteiger charge is 2.44. The molecule has 0 fully saturated rings. The van der Waals surface area contributed by atoms with Crippen LogP contribution in [0.1, 0.15) is 20.7 Å². The number of nitrogens with one attached hydrogen (secondary N) is 2. The largest absolute Gasteiger partial charge is 0.324 e. The summed E-state index contributed by atoms with van der Waals surface area (Å²) in [7, 11) is -4.37. The quantitative estimate of drug-likeness (QED) is 0.540. The summed E-state index contributed by atoms with van der Waals surface area (Å²) >= 11 is 5.77. The van der Waals surface area contributed by atoms with E-state index < -0.39 is 44.3 Å². The zero-order chi connectivity index (χ0) is 23.9. The molecule has 1 aliphatic heterocycles. The number of fused-ring (bicyclic) bond motifs is 1. The molecule has 11 heteroatoms. The number of sulfone groups is 1. The van der Waals surface area contributed by atoms with Crippen LogP contribution in [-0.4, -0.2) is 31.3 Å². The van der Waals surface area contributed by atoms with Crippen molar-refractivity contribution in [2.45, 2.75) is 10.1 Å². The van der Waals surface area contributed by atoms with Gasteiger partial charge in [-0.25, -0.2) is 17.2 Å². The molecule has 1 heterocycles. The number of amides is 2. The van der Waals surface area contributed by atoms with Gasteiger partial charge in [-0.3, -0.25) is 14.4 Å². The van der Waals surface area contributed by atoms with Gasteiger partial charge in [-0.05, 0) is 54.6 Å². The minimum Gasteiger partial charge on any atom is -0.324 e. The standard InChI is InChI=1S/C22H13ClF2N2O5S/c23-12-2-5-14(6-3-12)33(31,32)20-19(28)15-7-1-11(9-18(15)27-22(20)30)21(29)26-17-8-4-13(24)10-16(17)25/h1-10,20H,(H,26,29)(H,27,30). The molecule has 0 saturated heterocycles. The molecule has 0 radical (unpaired) electrons. The average Bonchev–Trinajstić information content (AvgIpc) is 2.75. The van der Waals surface area contributed by atoms with Crippen LogP contribution >= 0.6 is 11.6 Å². The Morgan fingerprint density at radius 2 is 1.67 bits per heavy atom. The number of anilines is 2. The van der Waals surface area contributed by atoms with Crippen LogP contribution in [-0.2, 0) is 14.6 Å². The maximum Gasteiger partial charge on any atom is 0.255 e. The van der Waals surface area contributed by atoms with Crippen LogP contribution in [0.5, 0.6) is 0 Å². The lowest BCUT2D eigenvalue weighted by atomic mass is 9.99. The number of benzene rings is 3. The minimum atomic E-state index is -4.37. The first-order valence-corrected chi connectivity index (χ1v) is 11.3. The monoisotopic (exact) mass is 490 g/mol. The number of hydrogen-bond acceptors (Lipinski definition) is 5. The molecule has 0 aliphatic carbocycles. The van der Waals surface area contributed by atoms with Gasteiger partial charge in [-0.15, -0.1) is 0 Å². The summed E-state index contributed by atoms with van der Waals surface area (Å²) in [5.41, 5.74) is -0.501. The molecule has 1 atom stereocenters. The van der Waals surface area contributed by atoms with E-state index in [0.29, 0.717) is 6.07 Å². The second-order valence-electron chi connectivity index (χ2n) is 7.07. The zero-order valence-electron chi connectivity index (χ0n) is 16.4. The highest BCUT2D eigenvalue weighted by molar-refractivity contribution is 7.93. The molecular formula is C22H13ClF2N2O5S. The Labute approximate surface area is 191 Å². The van der Waals surface area contributed by atoms with E-state index in [9.17, 15) is 31.6 Å². The summed E-state index contributed by atoms with van der Waals surface area (Å²) in [6.07, 6.45) is 0. The van der Waals surface area contributed by atoms with Crippen LogP contribution in [0.2, 0.25) is 5.02 Å². The molecule has 2 N–H and O–H groups in total. The van der Waals surface area contributed by atoms with Crippen molar-refractivity contribution < 1.29 is 31.6 Å². The van der Waals surface area contributed by atoms with Gasteiger partial charge in [-0.1, -0.05) is 11.6 Å². The van der Waals surface area contributed by atoms with Gasteiger partial charge in [-0.2, -0.15) is 0 Å². The number of rotatable bonds is 4. The topological polar surface area (TPSA) is 109 Å². The number of halogens is 3. The number of Topliss-reactive ketones (excluding diaryl/α,β-unsaturated/α-hetero) is 1. The SMILES string of the molecule is O=C(Nc1ccc(F)cc1F)c1ccc2c(c1)NC(=O)C(S(=O)(=O)c1ccc(Cl)cc1)C2=O. The molecule has 1 aliphatic rings. The highest BCUT2D eigenvalue weighted by atomic mass is 35.5. The Kier molecular flexibility index (Phi) is 5.73. The van der Waals surface area contributed by atoms with E-state index in [1.54, 1.807) is 0 Å². The van der Waals surface area contributed by atoms with Crippen LogP contribution in [0.3, 0.4) is 0 Å². The van der Waals surface area contributed by atoms with E-state index in [2.05, 4.69) is 10.6 Å². The molecule has 1 unspecified atom stereocenters. The summed E-state index contributed by atoms with van der Waals surface area (Å²) in [6, 6.07) is 11.2. The number of carbonyl (C=O) groups excluding carboxylic acids is 3. The minimum absolute atomic E-state index is 0.0513. The van der Waals surface area contributed by atoms with Crippen LogP contribution in [0.4, 0.5) is 20.2 Å². The predicted octanol–water partition coefficient (Wildman–Crippen LogP) is 3.85. The Hall–Kier alpha value is -3.63. The predicted molar refractivity (Wildman–Crippen MR) is 116 cm³/mol. The average molecular weight is 491 g/mol. The molecule has 2 amide bonds. The molecule has 0 saturated carbocycles. The highest BCUT2D eigenvalue weighted by Crippen LogP contribution is 2.30. The third kappa shape index (κ3) is 4.22. The summed E-state index contributed by atoms with van der Waals surface area (Å²) in [4.78, 5) is 37.7. The second-order valence-corrected chi connectivity index (χ2v) is 9.54. The Morgan fingerprint density at radius 1 is 0.970 bits per heavy atom. The van der Waals surface area contributed by atoms with Crippen molar-refractivity contribution in [3.05, 3.63) is 88.4 Å². The molecule has 0 bridgehead atoms. The van der Waals surface area contributed by atoms with E-state index in [1.807, 2.05) is 0 Å². The molecule has 3 aromatic carbocycles. The van der Waals surface area contributed by atoms with Gasteiger partial charge in [0.1, 0.15) is 11.6 Å². The van der Waals surface area contributed by atoms with E-state index in [0.717, 1.165) is 18.2 Å². The van der Waals surface area contributed by atoms with Gasteiger partial charge in [0.05, 0.1) is 16.3 Å². The van der Waals surface area contributed by atoms with E-state index in [-0.39, 0.29) is 32.4 Å². The van der Waals surface area contributed by atoms with Crippen molar-refractivity contribution in [3.8, 4) is 0 Å². The molecule has 4 rings (SSSR count). The van der Waals surface area contributed by atoms with Gasteiger partial charge >= 0.3 is 0 Å². The number of hydrogen-bond donors (Lipinski definition) is 2. The lowest BCUT2D eigenvalue weighted by molar-refractivity contribution is -0.115. The molecule has 7 nitrogen and oxygen atoms in total. The maximum absolute atomic E-state index is 13.8. The van der Waals surface area contributed by atoms with Gasteiger partial charge in [0, 0.05) is 22.2 Å². The number of ketones is 1. The van der Waals surface area contributed by atoms with E-state index in [1.165, 1.54) is 36.4 Å². The summed E-state index contributed by atoms with van der Waals surface area (Å²) < 4.78 is 52.7. The van der Waals surface area contributed by atoms with Gasteiger partial charge in [0.15, 0.2) is 15.6 Å². The van der Waals surface area contributed by atoms with Gasteiger partial charge in [0.2, 0.25) is 5.25 Å². The fourth-order valence-corrected chi connectivity index (χ4v) is 4.95. The molecule has 0 aromatic heterocycles. The van der Waals surface area contributed by atoms with Gasteiger partial charge in [0.25, 0.3) is 11.8 Å². The van der Waals surface area contributed by atoms with Crippen LogP contribution < -0.4 is 10.6 Å². The van der Waals surface area contributed by atoms with Crippen molar-refractivity contribution in [3.63, 3.8) is 0 Å². The second kappa shape index (κ2) is 8.38. The van der Waals surface area contributed by atoms with Crippen LogP contribution in [0.25, 0.3) is 0 Å². The van der Waals surface area contributed by atoms with Gasteiger partial charge < -0.3 is 10.6 Å². The van der Waals surface area contributed by atoms with Crippen molar-refractivity contribution >= 4 is 50.4 Å². The lowest BCUT2D eigenvalue weighted by Gasteiger charge is -2.24. The first-order valence-electron chi connectivity index (χ1n) is 9.33. The van der Waals surface area contributed by atoms with Crippen LogP contribution in [0.15, 0.2) is 65.6 Å². The Morgan fingerprint density at radius 3 is 2.33 bits per heavy atom. The molecular weight excluding hydrogens is 478 g/mol. The fourth-order valence-electron chi connectivity index (χ4n) is 3.29. The van der Waals surface area contributed by atoms with Crippen molar-refractivity contribution in [1.29, 1.82) is 0 Å². The third-order valence-corrected chi connectivity index (χ3v) is 7.14.